The van der Waals surface area contributed by atoms with E-state index in [0.717, 1.165) is 18.2 Å². The van der Waals surface area contributed by atoms with Crippen LogP contribution in [-0.4, -0.2) is 50.9 Å². The summed E-state index contributed by atoms with van der Waals surface area (Å²) in [5.41, 5.74) is 2.90. The van der Waals surface area contributed by atoms with Crippen LogP contribution in [0.15, 0.2) is 30.5 Å². The van der Waals surface area contributed by atoms with Crippen molar-refractivity contribution in [3.63, 3.8) is 0 Å². The van der Waals surface area contributed by atoms with E-state index in [1.165, 1.54) is 0 Å². The van der Waals surface area contributed by atoms with Gasteiger partial charge in [0.05, 0.1) is 23.1 Å². The summed E-state index contributed by atoms with van der Waals surface area (Å²) in [7, 11) is 0. The summed E-state index contributed by atoms with van der Waals surface area (Å²) >= 11 is 0. The lowest BCUT2D eigenvalue weighted by Gasteiger charge is -2.33. The van der Waals surface area contributed by atoms with Crippen LogP contribution < -0.4 is 0 Å². The number of aliphatic hydroxyl groups excluding tert-OH is 1. The van der Waals surface area contributed by atoms with Gasteiger partial charge in [0.2, 0.25) is 0 Å². The summed E-state index contributed by atoms with van der Waals surface area (Å²) in [6.45, 7) is 3.31. The van der Waals surface area contributed by atoms with Gasteiger partial charge < -0.3 is 5.11 Å². The highest BCUT2D eigenvalue weighted by atomic mass is 19.4. The van der Waals surface area contributed by atoms with Crippen molar-refractivity contribution in [3.05, 3.63) is 47.3 Å². The number of alkyl halides is 3. The van der Waals surface area contributed by atoms with E-state index in [4.69, 9.17) is 0 Å². The van der Waals surface area contributed by atoms with Gasteiger partial charge >= 0.3 is 6.18 Å². The predicted molar refractivity (Wildman–Crippen MR) is 98.2 cm³/mol. The smallest absolute Gasteiger partial charge is 0.384 e. The Hall–Kier alpha value is -2.70. The quantitative estimate of drug-likeness (QED) is 0.826. The zero-order valence-electron chi connectivity index (χ0n) is 16.0. The average molecular weight is 406 g/mol. The van der Waals surface area contributed by atoms with E-state index >= 15 is 0 Å². The number of carbonyl (C=O) groups excluding carboxylic acids is 1. The van der Waals surface area contributed by atoms with Gasteiger partial charge in [-0.15, -0.1) is 0 Å². The minimum atomic E-state index is -4.67. The Labute approximate surface area is 166 Å². The molecule has 2 heterocycles. The maximum Gasteiger partial charge on any atom is 0.398 e. The van der Waals surface area contributed by atoms with Gasteiger partial charge in [0.1, 0.15) is 18.1 Å². The van der Waals surface area contributed by atoms with Crippen LogP contribution in [0, 0.1) is 17.2 Å². The monoisotopic (exact) mass is 406 g/mol. The standard InChI is InChI=1S/C20H21F3N4O2/c1-12-9-26(11-17(28)19(29)13(2)20(21,22)23)10-15-8-25-27(18(12)15)16-6-4-3-5-14(16)7-24/h3-6,8,12-13,17,28H,9-11H2,1-2H3/t12-,13?,17?/m1/s1. The molecule has 9 heteroatoms. The predicted octanol–water partition coefficient (Wildman–Crippen LogP) is 2.79. The second kappa shape index (κ2) is 7.97. The van der Waals surface area contributed by atoms with Crippen molar-refractivity contribution in [2.45, 2.75) is 38.6 Å². The molecule has 1 N–H and O–H groups in total. The summed E-state index contributed by atoms with van der Waals surface area (Å²) < 4.78 is 39.9. The Bertz CT molecular complexity index is 948. The molecule has 0 amide bonds. The zero-order valence-corrected chi connectivity index (χ0v) is 16.0. The fraction of sp³-hybridized carbons (Fsp3) is 0.450. The van der Waals surface area contributed by atoms with Crippen LogP contribution in [0.3, 0.4) is 0 Å². The Balaban J connectivity index is 1.79. The number of nitrogens with zero attached hydrogens (tertiary/aromatic N) is 4. The number of benzene rings is 1. The molecule has 0 bridgehead atoms. The molecule has 154 valence electrons. The molecule has 1 aliphatic rings. The van der Waals surface area contributed by atoms with Crippen molar-refractivity contribution in [1.29, 1.82) is 5.26 Å². The number of para-hydroxylation sites is 1. The zero-order chi connectivity index (χ0) is 21.3. The Morgan fingerprint density at radius 2 is 2.10 bits per heavy atom. The minimum absolute atomic E-state index is 0.0599. The first-order valence-corrected chi connectivity index (χ1v) is 9.20. The minimum Gasteiger partial charge on any atom is -0.384 e. The van der Waals surface area contributed by atoms with Crippen LogP contribution in [0.1, 0.15) is 36.6 Å². The Morgan fingerprint density at radius 1 is 1.41 bits per heavy atom. The molecule has 0 spiro atoms. The van der Waals surface area contributed by atoms with E-state index in [9.17, 15) is 28.3 Å². The van der Waals surface area contributed by atoms with Crippen LogP contribution in [-0.2, 0) is 11.3 Å². The number of β-amino-alcohol motifs (C(OH)–C–C–N with tert-alkyl or cyclic N) is 1. The molecule has 0 fully saturated rings. The molecule has 1 aliphatic heterocycles. The van der Waals surface area contributed by atoms with Crippen molar-refractivity contribution in [3.8, 4) is 11.8 Å². The van der Waals surface area contributed by atoms with Crippen molar-refractivity contribution >= 4 is 5.78 Å². The molecular formula is C20H21F3N4O2. The van der Waals surface area contributed by atoms with Crippen molar-refractivity contribution in [1.82, 2.24) is 14.7 Å². The number of hydrogen-bond acceptors (Lipinski definition) is 5. The van der Waals surface area contributed by atoms with Gasteiger partial charge in [-0.25, -0.2) is 4.68 Å². The number of halogens is 3. The molecule has 2 aromatic rings. The molecule has 0 saturated carbocycles. The van der Waals surface area contributed by atoms with Crippen LogP contribution in [0.25, 0.3) is 5.69 Å². The Morgan fingerprint density at radius 3 is 2.76 bits per heavy atom. The third-order valence-corrected chi connectivity index (χ3v) is 5.21. The number of aromatic nitrogens is 2. The topological polar surface area (TPSA) is 82.2 Å². The molecule has 6 nitrogen and oxygen atoms in total. The third-order valence-electron chi connectivity index (χ3n) is 5.21. The fourth-order valence-corrected chi connectivity index (χ4v) is 3.69. The molecular weight excluding hydrogens is 385 g/mol. The summed E-state index contributed by atoms with van der Waals surface area (Å²) in [5, 5.41) is 23.8. The van der Waals surface area contributed by atoms with Crippen molar-refractivity contribution in [2.75, 3.05) is 13.1 Å². The SMILES string of the molecule is CC(C(=O)C(O)CN1Cc2cnn(-c3ccccc3C#N)c2[C@H](C)C1)C(F)(F)F. The lowest BCUT2D eigenvalue weighted by molar-refractivity contribution is -0.182. The van der Waals surface area contributed by atoms with Crippen molar-refractivity contribution < 1.29 is 23.1 Å². The molecule has 1 aromatic carbocycles. The van der Waals surface area contributed by atoms with E-state index in [-0.39, 0.29) is 12.5 Å². The summed E-state index contributed by atoms with van der Waals surface area (Å²) in [4.78, 5) is 13.7. The van der Waals surface area contributed by atoms with Gasteiger partial charge in [0.25, 0.3) is 0 Å². The normalized spacial score (nSPS) is 19.3. The lowest BCUT2D eigenvalue weighted by atomic mass is 9.96. The number of rotatable bonds is 5. The highest BCUT2D eigenvalue weighted by Gasteiger charge is 2.43. The first-order valence-electron chi connectivity index (χ1n) is 9.20. The van der Waals surface area contributed by atoms with Gasteiger partial charge in [-0.05, 0) is 19.1 Å². The second-order valence-corrected chi connectivity index (χ2v) is 7.37. The summed E-state index contributed by atoms with van der Waals surface area (Å²) in [5.74, 6) is -3.49. The molecule has 29 heavy (non-hydrogen) atoms. The Kier molecular flexibility index (Phi) is 5.78. The van der Waals surface area contributed by atoms with E-state index in [2.05, 4.69) is 11.2 Å². The van der Waals surface area contributed by atoms with E-state index in [1.807, 2.05) is 13.0 Å². The molecule has 0 aliphatic carbocycles. The number of aliphatic hydroxyl groups is 1. The van der Waals surface area contributed by atoms with Gasteiger partial charge in [-0.3, -0.25) is 9.69 Å². The average Bonchev–Trinajstić information content (AvgIpc) is 3.10. The maximum absolute atomic E-state index is 12.7. The highest BCUT2D eigenvalue weighted by molar-refractivity contribution is 5.85. The molecule has 0 saturated heterocycles. The summed E-state index contributed by atoms with van der Waals surface area (Å²) in [6, 6.07) is 9.22. The van der Waals surface area contributed by atoms with Crippen LogP contribution in [0.5, 0.6) is 0 Å². The van der Waals surface area contributed by atoms with E-state index < -0.39 is 24.0 Å². The molecule has 1 aromatic heterocycles. The number of hydrogen-bond donors (Lipinski definition) is 1. The number of fused-ring (bicyclic) bond motifs is 1. The van der Waals surface area contributed by atoms with Crippen LogP contribution >= 0.6 is 0 Å². The fourth-order valence-electron chi connectivity index (χ4n) is 3.69. The van der Waals surface area contributed by atoms with Gasteiger partial charge in [0.15, 0.2) is 5.78 Å². The third kappa shape index (κ3) is 4.18. The molecule has 2 unspecified atom stereocenters. The lowest BCUT2D eigenvalue weighted by Crippen LogP contribution is -2.44. The molecule has 3 rings (SSSR count). The molecule has 0 radical (unpaired) electrons. The second-order valence-electron chi connectivity index (χ2n) is 7.37. The molecule has 3 atom stereocenters. The first-order chi connectivity index (χ1) is 13.6. The first kappa shape index (κ1) is 21.0. The van der Waals surface area contributed by atoms with Crippen molar-refractivity contribution in [2.24, 2.45) is 5.92 Å². The van der Waals surface area contributed by atoms with Gasteiger partial charge in [-0.2, -0.15) is 23.5 Å². The number of ketones is 1. The van der Waals surface area contributed by atoms with E-state index in [1.54, 1.807) is 34.0 Å². The van der Waals surface area contributed by atoms with Crippen LogP contribution in [0.2, 0.25) is 0 Å². The van der Waals surface area contributed by atoms with Crippen LogP contribution in [0.4, 0.5) is 13.2 Å². The number of Topliss-reactive ketones (excluding diaryl/α,β-unsaturated/α-hetero) is 1. The van der Waals surface area contributed by atoms with E-state index in [0.29, 0.717) is 24.3 Å². The highest BCUT2D eigenvalue weighted by Crippen LogP contribution is 2.32. The number of nitriles is 1. The van der Waals surface area contributed by atoms with Gasteiger partial charge in [-0.1, -0.05) is 19.1 Å². The maximum atomic E-state index is 12.7. The largest absolute Gasteiger partial charge is 0.398 e. The number of carbonyl (C=O) groups is 1. The van der Waals surface area contributed by atoms with Gasteiger partial charge in [0, 0.05) is 31.1 Å². The summed E-state index contributed by atoms with van der Waals surface area (Å²) in [6.07, 6.45) is -4.73.